The number of rotatable bonds is 8. The number of hydrogen-bond donors (Lipinski definition) is 2. The highest BCUT2D eigenvalue weighted by Crippen LogP contribution is 2.24. The van der Waals surface area contributed by atoms with Gasteiger partial charge in [0.2, 0.25) is 0 Å². The van der Waals surface area contributed by atoms with Crippen molar-refractivity contribution in [3.8, 4) is 5.75 Å². The predicted molar refractivity (Wildman–Crippen MR) is 113 cm³/mol. The van der Waals surface area contributed by atoms with Gasteiger partial charge in [0.25, 0.3) is 11.8 Å². The fourth-order valence-electron chi connectivity index (χ4n) is 3.53. The van der Waals surface area contributed by atoms with Crippen LogP contribution in [-0.4, -0.2) is 70.3 Å². The van der Waals surface area contributed by atoms with E-state index in [-0.39, 0.29) is 30.9 Å². The van der Waals surface area contributed by atoms with Gasteiger partial charge in [0.1, 0.15) is 5.75 Å². The predicted octanol–water partition coefficient (Wildman–Crippen LogP) is 0.274. The lowest BCUT2D eigenvalue weighted by atomic mass is 9.98. The second kappa shape index (κ2) is 10.8. The Hall–Kier alpha value is -2.90. The number of morpholine rings is 1. The molecule has 0 bridgehead atoms. The van der Waals surface area contributed by atoms with Crippen molar-refractivity contribution in [3.63, 3.8) is 0 Å². The van der Waals surface area contributed by atoms with Crippen molar-refractivity contribution in [2.75, 3.05) is 53.6 Å². The van der Waals surface area contributed by atoms with E-state index >= 15 is 0 Å². The Balaban J connectivity index is 1.63. The first-order chi connectivity index (χ1) is 14.6. The molecule has 2 N–H and O–H groups in total. The fourth-order valence-corrected chi connectivity index (χ4v) is 3.53. The Kier molecular flexibility index (Phi) is 7.82. The molecular formula is C23H30N3O4+. The Labute approximate surface area is 177 Å². The van der Waals surface area contributed by atoms with E-state index in [9.17, 15) is 9.59 Å². The van der Waals surface area contributed by atoms with Gasteiger partial charge in [-0.3, -0.25) is 9.59 Å². The van der Waals surface area contributed by atoms with Crippen LogP contribution in [0, 0.1) is 0 Å². The summed E-state index contributed by atoms with van der Waals surface area (Å²) >= 11 is 0. The van der Waals surface area contributed by atoms with Gasteiger partial charge in [-0.05, 0) is 23.3 Å². The van der Waals surface area contributed by atoms with Crippen LogP contribution in [0.5, 0.6) is 5.75 Å². The van der Waals surface area contributed by atoms with E-state index in [0.717, 1.165) is 21.8 Å². The number of carbonyl (C=O) groups excluding carboxylic acids is 2. The molecule has 0 radical (unpaired) electrons. The van der Waals surface area contributed by atoms with Crippen LogP contribution in [0.4, 0.5) is 0 Å². The van der Waals surface area contributed by atoms with Crippen molar-refractivity contribution in [2.24, 2.45) is 0 Å². The van der Waals surface area contributed by atoms with Gasteiger partial charge in [-0.25, -0.2) is 0 Å². The van der Waals surface area contributed by atoms with Gasteiger partial charge in [-0.2, -0.15) is 0 Å². The van der Waals surface area contributed by atoms with Crippen LogP contribution < -0.4 is 15.0 Å². The van der Waals surface area contributed by atoms with Gasteiger partial charge in [0, 0.05) is 13.1 Å². The Morgan fingerprint density at radius 3 is 2.30 bits per heavy atom. The summed E-state index contributed by atoms with van der Waals surface area (Å²) in [6.45, 7) is 2.89. The van der Waals surface area contributed by atoms with Gasteiger partial charge >= 0.3 is 0 Å². The molecule has 30 heavy (non-hydrogen) atoms. The third-order valence-corrected chi connectivity index (χ3v) is 5.17. The molecule has 7 heteroatoms. The van der Waals surface area contributed by atoms with Crippen LogP contribution in [0.2, 0.25) is 0 Å². The molecule has 0 spiro atoms. The minimum atomic E-state index is -0.271. The highest BCUT2D eigenvalue weighted by molar-refractivity contribution is 5.79. The number of amides is 2. The fraction of sp³-hybridized carbons (Fsp3) is 0.391. The van der Waals surface area contributed by atoms with E-state index < -0.39 is 0 Å². The van der Waals surface area contributed by atoms with Crippen molar-refractivity contribution in [2.45, 2.75) is 6.04 Å². The first-order valence-corrected chi connectivity index (χ1v) is 10.2. The van der Waals surface area contributed by atoms with E-state index in [1.165, 1.54) is 0 Å². The molecule has 0 aromatic heterocycles. The first-order valence-electron chi connectivity index (χ1n) is 10.2. The topological polar surface area (TPSA) is 72.3 Å². The van der Waals surface area contributed by atoms with Gasteiger partial charge < -0.3 is 24.6 Å². The number of hydrogen-bond acceptors (Lipinski definition) is 4. The monoisotopic (exact) mass is 412 g/mol. The number of nitrogens with zero attached hydrogens (tertiary/aromatic N) is 1. The Bertz CT molecular complexity index is 820. The van der Waals surface area contributed by atoms with Gasteiger partial charge in [-0.1, -0.05) is 42.5 Å². The van der Waals surface area contributed by atoms with Crippen LogP contribution in [0.3, 0.4) is 0 Å². The minimum Gasteiger partial charge on any atom is -0.497 e. The smallest absolute Gasteiger partial charge is 0.277 e. The molecule has 3 rings (SSSR count). The lowest BCUT2D eigenvalue weighted by Gasteiger charge is -2.27. The molecule has 0 aliphatic carbocycles. The molecule has 2 aromatic carbocycles. The van der Waals surface area contributed by atoms with Crippen LogP contribution >= 0.6 is 0 Å². The quantitative estimate of drug-likeness (QED) is 0.653. The zero-order valence-electron chi connectivity index (χ0n) is 17.6. The molecule has 160 valence electrons. The number of ether oxygens (including phenoxy) is 2. The SMILES string of the molecule is COc1ccc([C@H](NC(=O)C[NH+](C)CC(=O)N2CCOCC2)c2ccccc2)cc1. The molecule has 1 heterocycles. The molecule has 1 saturated heterocycles. The Morgan fingerprint density at radius 2 is 1.67 bits per heavy atom. The third-order valence-electron chi connectivity index (χ3n) is 5.17. The summed E-state index contributed by atoms with van der Waals surface area (Å²) in [6.07, 6.45) is 0. The number of methoxy groups -OCH3 is 1. The van der Waals surface area contributed by atoms with Gasteiger partial charge in [-0.15, -0.1) is 0 Å². The molecule has 7 nitrogen and oxygen atoms in total. The van der Waals surface area contributed by atoms with Crippen LogP contribution in [0.25, 0.3) is 0 Å². The van der Waals surface area contributed by atoms with E-state index in [4.69, 9.17) is 9.47 Å². The molecule has 2 amide bonds. The van der Waals surface area contributed by atoms with Crippen LogP contribution in [-0.2, 0) is 14.3 Å². The van der Waals surface area contributed by atoms with Crippen molar-refractivity contribution < 1.29 is 24.0 Å². The number of nitrogens with one attached hydrogen (secondary N) is 2. The highest BCUT2D eigenvalue weighted by Gasteiger charge is 2.23. The standard InChI is InChI=1S/C23H29N3O4/c1-25(17-22(28)26-12-14-30-15-13-26)16-21(27)24-23(18-6-4-3-5-7-18)19-8-10-20(29-2)11-9-19/h3-11,23H,12-17H2,1-2H3,(H,24,27)/p+1/t23-/m1/s1. The average molecular weight is 413 g/mol. The van der Waals surface area contributed by atoms with Crippen molar-refractivity contribution in [3.05, 3.63) is 65.7 Å². The Morgan fingerprint density at radius 1 is 1.03 bits per heavy atom. The normalized spacial score (nSPS) is 15.9. The van der Waals surface area contributed by atoms with E-state index in [1.807, 2.05) is 61.6 Å². The average Bonchev–Trinajstić information content (AvgIpc) is 2.78. The molecule has 1 fully saturated rings. The lowest BCUT2D eigenvalue weighted by molar-refractivity contribution is -0.863. The second-order valence-electron chi connectivity index (χ2n) is 7.49. The molecule has 0 saturated carbocycles. The van der Waals surface area contributed by atoms with Crippen molar-refractivity contribution >= 4 is 11.8 Å². The largest absolute Gasteiger partial charge is 0.497 e. The number of carbonyl (C=O) groups is 2. The molecule has 1 aliphatic rings. The summed E-state index contributed by atoms with van der Waals surface area (Å²) in [5.74, 6) is 0.716. The molecular weight excluding hydrogens is 382 g/mol. The second-order valence-corrected chi connectivity index (χ2v) is 7.49. The summed E-state index contributed by atoms with van der Waals surface area (Å²) in [4.78, 5) is 27.9. The number of benzene rings is 2. The van der Waals surface area contributed by atoms with E-state index in [2.05, 4.69) is 5.32 Å². The molecule has 1 unspecified atom stereocenters. The molecule has 1 aliphatic heterocycles. The van der Waals surface area contributed by atoms with Crippen LogP contribution in [0.1, 0.15) is 17.2 Å². The van der Waals surface area contributed by atoms with E-state index in [1.54, 1.807) is 12.0 Å². The molecule has 2 atom stereocenters. The zero-order chi connectivity index (χ0) is 21.3. The maximum Gasteiger partial charge on any atom is 0.277 e. The zero-order valence-corrected chi connectivity index (χ0v) is 17.6. The van der Waals surface area contributed by atoms with E-state index in [0.29, 0.717) is 26.3 Å². The summed E-state index contributed by atoms with van der Waals surface area (Å²) in [7, 11) is 3.49. The lowest BCUT2D eigenvalue weighted by Crippen LogP contribution is -3.11. The number of quaternary nitrogens is 1. The maximum absolute atomic E-state index is 12.8. The third kappa shape index (κ3) is 6.05. The van der Waals surface area contributed by atoms with Crippen molar-refractivity contribution in [1.82, 2.24) is 10.2 Å². The molecule has 2 aromatic rings. The highest BCUT2D eigenvalue weighted by atomic mass is 16.5. The first kappa shape index (κ1) is 21.8. The van der Waals surface area contributed by atoms with Gasteiger partial charge in [0.05, 0.1) is 33.4 Å². The van der Waals surface area contributed by atoms with Crippen LogP contribution in [0.15, 0.2) is 54.6 Å². The summed E-state index contributed by atoms with van der Waals surface area (Å²) in [5.41, 5.74) is 1.97. The van der Waals surface area contributed by atoms with Gasteiger partial charge in [0.15, 0.2) is 13.1 Å². The maximum atomic E-state index is 12.8. The van der Waals surface area contributed by atoms with Crippen molar-refractivity contribution in [1.29, 1.82) is 0 Å². The summed E-state index contributed by atoms with van der Waals surface area (Å²) in [6, 6.07) is 17.3. The summed E-state index contributed by atoms with van der Waals surface area (Å²) < 4.78 is 10.5. The number of likely N-dealkylation sites (N-methyl/N-ethyl adjacent to an activating group) is 1. The minimum absolute atomic E-state index is 0.0540. The summed E-state index contributed by atoms with van der Waals surface area (Å²) in [5, 5.41) is 3.13.